The van der Waals surface area contributed by atoms with Gasteiger partial charge in [-0.25, -0.2) is 4.98 Å². The largest absolute Gasteiger partial charge is 0.371 e. The van der Waals surface area contributed by atoms with Crippen LogP contribution >= 0.6 is 11.3 Å². The zero-order valence-electron chi connectivity index (χ0n) is 15.7. The molecule has 0 aliphatic carbocycles. The van der Waals surface area contributed by atoms with Gasteiger partial charge in [0, 0.05) is 35.9 Å². The minimum atomic E-state index is 0.282. The number of benzene rings is 1. The fourth-order valence-corrected chi connectivity index (χ4v) is 4.56. The van der Waals surface area contributed by atoms with Crippen LogP contribution in [0.15, 0.2) is 54.9 Å². The van der Waals surface area contributed by atoms with Crippen LogP contribution in [-0.2, 0) is 17.9 Å². The summed E-state index contributed by atoms with van der Waals surface area (Å²) >= 11 is 1.80. The van der Waals surface area contributed by atoms with Crippen LogP contribution in [0.25, 0.3) is 10.6 Å². The van der Waals surface area contributed by atoms with E-state index < -0.39 is 0 Å². The van der Waals surface area contributed by atoms with Gasteiger partial charge in [-0.2, -0.15) is 0 Å². The molecule has 1 fully saturated rings. The minimum Gasteiger partial charge on any atom is -0.371 e. The Morgan fingerprint density at radius 1 is 1.15 bits per heavy atom. The van der Waals surface area contributed by atoms with E-state index in [0.717, 1.165) is 36.8 Å². The third-order valence-corrected chi connectivity index (χ3v) is 5.98. The highest BCUT2D eigenvalue weighted by Gasteiger charge is 2.21. The Labute approximate surface area is 164 Å². The molecule has 0 bridgehead atoms. The van der Waals surface area contributed by atoms with E-state index in [-0.39, 0.29) is 6.10 Å². The van der Waals surface area contributed by atoms with Gasteiger partial charge in [-0.05, 0) is 44.0 Å². The second-order valence-electron chi connectivity index (χ2n) is 7.08. The SMILES string of the molecule is Cc1ccccc1-c1ncc(CN2CCCC(OCc3ccccn3)C2)s1. The molecule has 3 heterocycles. The predicted octanol–water partition coefficient (Wildman–Crippen LogP) is 4.69. The summed E-state index contributed by atoms with van der Waals surface area (Å²) in [5.74, 6) is 0. The monoisotopic (exact) mass is 379 g/mol. The Balaban J connectivity index is 1.34. The summed E-state index contributed by atoms with van der Waals surface area (Å²) in [5, 5.41) is 1.11. The highest BCUT2D eigenvalue weighted by Crippen LogP contribution is 2.29. The maximum atomic E-state index is 6.11. The number of aromatic nitrogens is 2. The van der Waals surface area contributed by atoms with Crippen molar-refractivity contribution in [2.75, 3.05) is 13.1 Å². The molecule has 2 aromatic heterocycles. The summed E-state index contributed by atoms with van der Waals surface area (Å²) in [7, 11) is 0. The molecular formula is C22H25N3OS. The molecule has 4 nitrogen and oxygen atoms in total. The van der Waals surface area contributed by atoms with Crippen LogP contribution in [-0.4, -0.2) is 34.1 Å². The van der Waals surface area contributed by atoms with Crippen LogP contribution in [0.2, 0.25) is 0 Å². The Hall–Kier alpha value is -2.08. The van der Waals surface area contributed by atoms with Crippen molar-refractivity contribution in [2.24, 2.45) is 0 Å². The first-order chi connectivity index (χ1) is 13.3. The minimum absolute atomic E-state index is 0.282. The van der Waals surface area contributed by atoms with Gasteiger partial charge in [-0.15, -0.1) is 11.3 Å². The third kappa shape index (κ3) is 4.80. The zero-order valence-corrected chi connectivity index (χ0v) is 16.5. The molecule has 3 aromatic rings. The summed E-state index contributed by atoms with van der Waals surface area (Å²) in [6.07, 6.45) is 6.44. The fourth-order valence-electron chi connectivity index (χ4n) is 3.52. The van der Waals surface area contributed by atoms with Crippen LogP contribution in [0.1, 0.15) is 29.0 Å². The number of pyridine rings is 1. The molecule has 1 aliphatic heterocycles. The van der Waals surface area contributed by atoms with E-state index in [2.05, 4.69) is 46.1 Å². The van der Waals surface area contributed by atoms with Crippen LogP contribution < -0.4 is 0 Å². The number of hydrogen-bond donors (Lipinski definition) is 0. The predicted molar refractivity (Wildman–Crippen MR) is 110 cm³/mol. The molecule has 1 unspecified atom stereocenters. The highest BCUT2D eigenvalue weighted by atomic mass is 32.1. The van der Waals surface area contributed by atoms with Crippen LogP contribution in [0.3, 0.4) is 0 Å². The van der Waals surface area contributed by atoms with E-state index in [9.17, 15) is 0 Å². The second-order valence-corrected chi connectivity index (χ2v) is 8.19. The van der Waals surface area contributed by atoms with Gasteiger partial charge in [0.25, 0.3) is 0 Å². The number of thiazole rings is 1. The first-order valence-electron chi connectivity index (χ1n) is 9.52. The van der Waals surface area contributed by atoms with Crippen molar-refractivity contribution in [3.8, 4) is 10.6 Å². The fraction of sp³-hybridized carbons (Fsp3) is 0.364. The normalized spacial score (nSPS) is 17.9. The summed E-state index contributed by atoms with van der Waals surface area (Å²) in [6, 6.07) is 14.4. The number of likely N-dealkylation sites (tertiary alicyclic amines) is 1. The summed E-state index contributed by atoms with van der Waals surface area (Å²) in [5.41, 5.74) is 3.52. The Bertz CT molecular complexity index is 865. The number of nitrogens with zero attached hydrogens (tertiary/aromatic N) is 3. The molecule has 0 N–H and O–H groups in total. The zero-order chi connectivity index (χ0) is 18.5. The lowest BCUT2D eigenvalue weighted by Crippen LogP contribution is -2.39. The maximum absolute atomic E-state index is 6.11. The highest BCUT2D eigenvalue weighted by molar-refractivity contribution is 7.15. The summed E-state index contributed by atoms with van der Waals surface area (Å²) in [6.45, 7) is 5.79. The molecule has 1 atom stereocenters. The van der Waals surface area contributed by atoms with Crippen LogP contribution in [0.5, 0.6) is 0 Å². The lowest BCUT2D eigenvalue weighted by atomic mass is 10.1. The van der Waals surface area contributed by atoms with E-state index in [1.54, 1.807) is 11.3 Å². The lowest BCUT2D eigenvalue weighted by Gasteiger charge is -2.32. The molecule has 140 valence electrons. The second kappa shape index (κ2) is 8.74. The van der Waals surface area contributed by atoms with Gasteiger partial charge in [-0.3, -0.25) is 9.88 Å². The number of ether oxygens (including phenoxy) is 1. The van der Waals surface area contributed by atoms with E-state index in [4.69, 9.17) is 4.74 Å². The Morgan fingerprint density at radius 3 is 2.89 bits per heavy atom. The number of hydrogen-bond acceptors (Lipinski definition) is 5. The molecule has 5 heteroatoms. The summed E-state index contributed by atoms with van der Waals surface area (Å²) in [4.78, 5) is 12.8. The first kappa shape index (κ1) is 18.3. The van der Waals surface area contributed by atoms with E-state index in [0.29, 0.717) is 6.61 Å². The van der Waals surface area contributed by atoms with Crippen molar-refractivity contribution in [1.82, 2.24) is 14.9 Å². The van der Waals surface area contributed by atoms with Gasteiger partial charge in [0.05, 0.1) is 18.4 Å². The van der Waals surface area contributed by atoms with Gasteiger partial charge >= 0.3 is 0 Å². The number of rotatable bonds is 6. The van der Waals surface area contributed by atoms with Crippen molar-refractivity contribution in [1.29, 1.82) is 0 Å². The van der Waals surface area contributed by atoms with Crippen molar-refractivity contribution < 1.29 is 4.74 Å². The molecule has 27 heavy (non-hydrogen) atoms. The van der Waals surface area contributed by atoms with Gasteiger partial charge in [0.2, 0.25) is 0 Å². The van der Waals surface area contributed by atoms with Gasteiger partial charge < -0.3 is 4.74 Å². The molecule has 0 amide bonds. The van der Waals surface area contributed by atoms with Crippen LogP contribution in [0.4, 0.5) is 0 Å². The molecule has 1 saturated heterocycles. The molecule has 1 aliphatic rings. The van der Waals surface area contributed by atoms with Crippen LogP contribution in [0, 0.1) is 6.92 Å². The van der Waals surface area contributed by atoms with Crippen molar-refractivity contribution in [3.63, 3.8) is 0 Å². The third-order valence-electron chi connectivity index (χ3n) is 4.96. The first-order valence-corrected chi connectivity index (χ1v) is 10.3. The average Bonchev–Trinajstić information content (AvgIpc) is 3.16. The molecule has 1 aromatic carbocycles. The number of piperidine rings is 1. The smallest absolute Gasteiger partial charge is 0.123 e. The number of aryl methyl sites for hydroxylation is 1. The Kier molecular flexibility index (Phi) is 5.92. The summed E-state index contributed by atoms with van der Waals surface area (Å²) < 4.78 is 6.11. The molecular weight excluding hydrogens is 354 g/mol. The average molecular weight is 380 g/mol. The van der Waals surface area contributed by atoms with Gasteiger partial charge in [0.15, 0.2) is 0 Å². The van der Waals surface area contributed by atoms with Gasteiger partial charge in [-0.1, -0.05) is 30.3 Å². The van der Waals surface area contributed by atoms with E-state index in [1.807, 2.05) is 30.6 Å². The molecule has 0 saturated carbocycles. The maximum Gasteiger partial charge on any atom is 0.123 e. The molecule has 0 spiro atoms. The van der Waals surface area contributed by atoms with E-state index >= 15 is 0 Å². The van der Waals surface area contributed by atoms with Crippen molar-refractivity contribution in [2.45, 2.75) is 39.0 Å². The quantitative estimate of drug-likeness (QED) is 0.622. The molecule has 4 rings (SSSR count). The standard InChI is InChI=1S/C22H25N3OS/c1-17-7-2-3-10-21(17)22-24-13-20(27-22)15-25-12-6-9-19(14-25)26-16-18-8-4-5-11-23-18/h2-5,7-8,10-11,13,19H,6,9,12,14-16H2,1H3. The topological polar surface area (TPSA) is 38.2 Å². The van der Waals surface area contributed by atoms with Gasteiger partial charge in [0.1, 0.15) is 5.01 Å². The lowest BCUT2D eigenvalue weighted by molar-refractivity contribution is -0.0130. The van der Waals surface area contributed by atoms with Crippen molar-refractivity contribution >= 4 is 11.3 Å². The van der Waals surface area contributed by atoms with Crippen molar-refractivity contribution in [3.05, 3.63) is 71.0 Å². The van der Waals surface area contributed by atoms with E-state index in [1.165, 1.54) is 22.4 Å². The molecule has 0 radical (unpaired) electrons. The Morgan fingerprint density at radius 2 is 2.04 bits per heavy atom.